The van der Waals surface area contributed by atoms with Crippen molar-refractivity contribution in [3.8, 4) is 0 Å². The summed E-state index contributed by atoms with van der Waals surface area (Å²) in [5.74, 6) is 0.725. The third kappa shape index (κ3) is 3.02. The van der Waals surface area contributed by atoms with Gasteiger partial charge in [-0.25, -0.2) is 0 Å². The van der Waals surface area contributed by atoms with Gasteiger partial charge in [-0.2, -0.15) is 0 Å². The van der Waals surface area contributed by atoms with Gasteiger partial charge in [-0.3, -0.25) is 9.97 Å². The summed E-state index contributed by atoms with van der Waals surface area (Å²) < 4.78 is 0. The number of allylic oxidation sites excluding steroid dienone is 2. The van der Waals surface area contributed by atoms with Gasteiger partial charge in [0.25, 0.3) is 0 Å². The van der Waals surface area contributed by atoms with Gasteiger partial charge in [0.15, 0.2) is 0 Å². The second-order valence-electron chi connectivity index (χ2n) is 4.74. The molecule has 1 aromatic heterocycles. The maximum Gasteiger partial charge on any atom is 0.0912 e. The fourth-order valence-electron chi connectivity index (χ4n) is 2.54. The van der Waals surface area contributed by atoms with E-state index in [4.69, 9.17) is 0 Å². The zero-order valence-corrected chi connectivity index (χ0v) is 10.5. The highest BCUT2D eigenvalue weighted by Gasteiger charge is 2.12. The molecule has 0 amide bonds. The molecule has 0 saturated heterocycles. The molecule has 1 heterocycles. The lowest BCUT2D eigenvalue weighted by atomic mass is 9.87. The van der Waals surface area contributed by atoms with Gasteiger partial charge in [-0.1, -0.05) is 31.9 Å². The van der Waals surface area contributed by atoms with Gasteiger partial charge in [0.2, 0.25) is 0 Å². The predicted octanol–water partition coefficient (Wildman–Crippen LogP) is 4.10. The first kappa shape index (κ1) is 12.0. The third-order valence-electron chi connectivity index (χ3n) is 3.43. The SMILES string of the molecule is C=Cc1nccnc1C(C)=CC1CCCCC1. The molecule has 1 aromatic rings. The standard InChI is InChI=1S/C15H20N2/c1-3-14-15(17-10-9-16-14)12(2)11-13-7-5-4-6-8-13/h3,9-11,13H,1,4-8H2,2H3. The van der Waals surface area contributed by atoms with E-state index in [1.54, 1.807) is 18.5 Å². The van der Waals surface area contributed by atoms with Crippen molar-refractivity contribution >= 4 is 11.6 Å². The fraction of sp³-hybridized carbons (Fsp3) is 0.467. The Labute approximate surface area is 104 Å². The molecule has 1 aliphatic carbocycles. The average molecular weight is 228 g/mol. The zero-order valence-electron chi connectivity index (χ0n) is 10.5. The molecular weight excluding hydrogens is 208 g/mol. The molecule has 0 radical (unpaired) electrons. The molecule has 0 atom stereocenters. The average Bonchev–Trinajstić information content (AvgIpc) is 2.40. The predicted molar refractivity (Wildman–Crippen MR) is 72.3 cm³/mol. The molecule has 2 heteroatoms. The molecule has 90 valence electrons. The summed E-state index contributed by atoms with van der Waals surface area (Å²) in [6, 6.07) is 0. The van der Waals surface area contributed by atoms with Crippen LogP contribution in [0.4, 0.5) is 0 Å². The van der Waals surface area contributed by atoms with Gasteiger partial charge < -0.3 is 0 Å². The number of hydrogen-bond acceptors (Lipinski definition) is 2. The van der Waals surface area contributed by atoms with Crippen molar-refractivity contribution in [2.75, 3.05) is 0 Å². The Bertz CT molecular complexity index is 415. The Kier molecular flexibility index (Phi) is 4.08. The van der Waals surface area contributed by atoms with Crippen molar-refractivity contribution < 1.29 is 0 Å². The maximum absolute atomic E-state index is 4.41. The molecule has 0 unspecified atom stereocenters. The van der Waals surface area contributed by atoms with E-state index in [2.05, 4.69) is 29.5 Å². The summed E-state index contributed by atoms with van der Waals surface area (Å²) in [7, 11) is 0. The zero-order chi connectivity index (χ0) is 12.1. The number of rotatable bonds is 3. The van der Waals surface area contributed by atoms with Crippen molar-refractivity contribution in [1.82, 2.24) is 9.97 Å². The van der Waals surface area contributed by atoms with E-state index in [9.17, 15) is 0 Å². The Morgan fingerprint density at radius 3 is 2.65 bits per heavy atom. The summed E-state index contributed by atoms with van der Waals surface area (Å²) in [6.07, 6.45) is 14.4. The third-order valence-corrected chi connectivity index (χ3v) is 3.43. The number of nitrogens with zero attached hydrogens (tertiary/aromatic N) is 2. The van der Waals surface area contributed by atoms with E-state index in [0.717, 1.165) is 17.3 Å². The first-order valence-corrected chi connectivity index (χ1v) is 6.43. The minimum atomic E-state index is 0.725. The van der Waals surface area contributed by atoms with Crippen LogP contribution in [0.25, 0.3) is 11.6 Å². The van der Waals surface area contributed by atoms with Crippen LogP contribution in [0.3, 0.4) is 0 Å². The van der Waals surface area contributed by atoms with Crippen molar-refractivity contribution in [1.29, 1.82) is 0 Å². The largest absolute Gasteiger partial charge is 0.253 e. The summed E-state index contributed by atoms with van der Waals surface area (Å²) in [6.45, 7) is 5.92. The van der Waals surface area contributed by atoms with Gasteiger partial charge in [-0.05, 0) is 37.3 Å². The second-order valence-corrected chi connectivity index (χ2v) is 4.74. The van der Waals surface area contributed by atoms with E-state index in [0.29, 0.717) is 0 Å². The quantitative estimate of drug-likeness (QED) is 0.778. The summed E-state index contributed by atoms with van der Waals surface area (Å²) in [5, 5.41) is 0. The van der Waals surface area contributed by atoms with Crippen LogP contribution in [-0.4, -0.2) is 9.97 Å². The molecule has 17 heavy (non-hydrogen) atoms. The lowest BCUT2D eigenvalue weighted by Crippen LogP contribution is -2.04. The summed E-state index contributed by atoms with van der Waals surface area (Å²) in [5.41, 5.74) is 3.10. The van der Waals surface area contributed by atoms with Crippen LogP contribution in [0.5, 0.6) is 0 Å². The molecule has 2 rings (SSSR count). The van der Waals surface area contributed by atoms with Crippen molar-refractivity contribution in [3.63, 3.8) is 0 Å². The number of aromatic nitrogens is 2. The minimum absolute atomic E-state index is 0.725. The second kappa shape index (κ2) is 5.76. The molecule has 0 bridgehead atoms. The molecule has 0 aromatic carbocycles. The van der Waals surface area contributed by atoms with Crippen LogP contribution < -0.4 is 0 Å². The summed E-state index contributed by atoms with van der Waals surface area (Å²) in [4.78, 5) is 8.70. The van der Waals surface area contributed by atoms with E-state index >= 15 is 0 Å². The minimum Gasteiger partial charge on any atom is -0.253 e. The van der Waals surface area contributed by atoms with Crippen molar-refractivity contribution in [3.05, 3.63) is 36.4 Å². The molecular formula is C15H20N2. The Morgan fingerprint density at radius 2 is 1.94 bits per heavy atom. The lowest BCUT2D eigenvalue weighted by Gasteiger charge is -2.19. The van der Waals surface area contributed by atoms with Gasteiger partial charge in [0, 0.05) is 12.4 Å². The van der Waals surface area contributed by atoms with E-state index in [1.165, 1.54) is 37.7 Å². The van der Waals surface area contributed by atoms with E-state index in [1.807, 2.05) is 0 Å². The Morgan fingerprint density at radius 1 is 1.24 bits per heavy atom. The number of hydrogen-bond donors (Lipinski definition) is 0. The highest BCUT2D eigenvalue weighted by Crippen LogP contribution is 2.27. The Balaban J connectivity index is 2.20. The van der Waals surface area contributed by atoms with Crippen LogP contribution in [0.2, 0.25) is 0 Å². The monoisotopic (exact) mass is 228 g/mol. The van der Waals surface area contributed by atoms with Crippen LogP contribution in [-0.2, 0) is 0 Å². The molecule has 2 nitrogen and oxygen atoms in total. The van der Waals surface area contributed by atoms with E-state index in [-0.39, 0.29) is 0 Å². The van der Waals surface area contributed by atoms with Crippen LogP contribution >= 0.6 is 0 Å². The Hall–Kier alpha value is -1.44. The maximum atomic E-state index is 4.41. The molecule has 1 fully saturated rings. The highest BCUT2D eigenvalue weighted by molar-refractivity contribution is 5.67. The topological polar surface area (TPSA) is 25.8 Å². The molecule has 0 N–H and O–H groups in total. The smallest absolute Gasteiger partial charge is 0.0912 e. The van der Waals surface area contributed by atoms with Crippen LogP contribution in [0.1, 0.15) is 50.4 Å². The summed E-state index contributed by atoms with van der Waals surface area (Å²) >= 11 is 0. The van der Waals surface area contributed by atoms with Crippen LogP contribution in [0, 0.1) is 5.92 Å². The molecule has 0 spiro atoms. The molecule has 1 aliphatic rings. The van der Waals surface area contributed by atoms with Gasteiger partial charge in [0.05, 0.1) is 11.4 Å². The van der Waals surface area contributed by atoms with Crippen LogP contribution in [0.15, 0.2) is 25.0 Å². The normalized spacial score (nSPS) is 18.1. The van der Waals surface area contributed by atoms with Crippen molar-refractivity contribution in [2.24, 2.45) is 5.92 Å². The lowest BCUT2D eigenvalue weighted by molar-refractivity contribution is 0.420. The van der Waals surface area contributed by atoms with Gasteiger partial charge in [-0.15, -0.1) is 0 Å². The first-order valence-electron chi connectivity index (χ1n) is 6.43. The van der Waals surface area contributed by atoms with Gasteiger partial charge in [0.1, 0.15) is 0 Å². The van der Waals surface area contributed by atoms with Crippen molar-refractivity contribution in [2.45, 2.75) is 39.0 Å². The first-order chi connectivity index (χ1) is 8.31. The molecule has 1 saturated carbocycles. The van der Waals surface area contributed by atoms with Gasteiger partial charge >= 0.3 is 0 Å². The fourth-order valence-corrected chi connectivity index (χ4v) is 2.54. The highest BCUT2D eigenvalue weighted by atomic mass is 14.8. The molecule has 0 aliphatic heterocycles. The van der Waals surface area contributed by atoms with E-state index < -0.39 is 0 Å².